The third-order valence-corrected chi connectivity index (χ3v) is 3.63. The second-order valence-electron chi connectivity index (χ2n) is 4.26. The normalized spacial score (nSPS) is 10.8. The molecule has 0 unspecified atom stereocenters. The first kappa shape index (κ1) is 12.0. The fourth-order valence-corrected chi connectivity index (χ4v) is 2.17. The van der Waals surface area contributed by atoms with Crippen LogP contribution in [0.4, 0.5) is 5.82 Å². The van der Waals surface area contributed by atoms with Gasteiger partial charge in [0.2, 0.25) is 0 Å². The van der Waals surface area contributed by atoms with Crippen LogP contribution in [0, 0.1) is 6.92 Å². The van der Waals surface area contributed by atoms with Gasteiger partial charge in [0.25, 0.3) is 0 Å². The molecule has 0 saturated heterocycles. The van der Waals surface area contributed by atoms with Gasteiger partial charge in [-0.1, -0.05) is 18.2 Å². The van der Waals surface area contributed by atoms with Crippen molar-refractivity contribution in [1.82, 2.24) is 19.9 Å². The number of hydrogen-bond donors (Lipinski definition) is 3. The van der Waals surface area contributed by atoms with Gasteiger partial charge in [-0.25, -0.2) is 15.0 Å². The van der Waals surface area contributed by atoms with Crippen LogP contribution in [0.15, 0.2) is 35.7 Å². The van der Waals surface area contributed by atoms with Gasteiger partial charge in [0.15, 0.2) is 11.5 Å². The van der Waals surface area contributed by atoms with Crippen molar-refractivity contribution < 1.29 is 0 Å². The van der Waals surface area contributed by atoms with E-state index in [1.165, 1.54) is 6.33 Å². The van der Waals surface area contributed by atoms with E-state index < -0.39 is 0 Å². The predicted molar refractivity (Wildman–Crippen MR) is 77.4 cm³/mol. The smallest absolute Gasteiger partial charge is 0.182 e. The first-order valence-corrected chi connectivity index (χ1v) is 6.36. The Balaban J connectivity index is 1.86. The maximum Gasteiger partial charge on any atom is 0.182 e. The standard InChI is InChI=1S/C13H13N5S/c1-8-3-2-4-9(11(8)19)5-14-12-10-13(16-6-15-10)18-7-17-12/h2-4,6-7,19H,5H2,1H3,(H2,14,15,16,17,18). The van der Waals surface area contributed by atoms with Crippen LogP contribution in [0.3, 0.4) is 0 Å². The number of H-pyrrole nitrogens is 1. The largest absolute Gasteiger partial charge is 0.364 e. The third-order valence-electron chi connectivity index (χ3n) is 2.99. The summed E-state index contributed by atoms with van der Waals surface area (Å²) in [6.07, 6.45) is 3.12. The van der Waals surface area contributed by atoms with E-state index in [9.17, 15) is 0 Å². The Morgan fingerprint density at radius 3 is 3.05 bits per heavy atom. The van der Waals surface area contributed by atoms with E-state index >= 15 is 0 Å². The van der Waals surface area contributed by atoms with Gasteiger partial charge in [-0.05, 0) is 18.1 Å². The summed E-state index contributed by atoms with van der Waals surface area (Å²) in [5.41, 5.74) is 3.77. The molecule has 2 aromatic heterocycles. The number of thiol groups is 1. The van der Waals surface area contributed by atoms with Crippen LogP contribution in [0.5, 0.6) is 0 Å². The molecule has 0 radical (unpaired) electrons. The van der Waals surface area contributed by atoms with E-state index in [-0.39, 0.29) is 0 Å². The summed E-state index contributed by atoms with van der Waals surface area (Å²) in [5, 5.41) is 3.29. The van der Waals surface area contributed by atoms with Crippen LogP contribution in [-0.4, -0.2) is 19.9 Å². The number of anilines is 1. The topological polar surface area (TPSA) is 66.5 Å². The molecular weight excluding hydrogens is 258 g/mol. The fraction of sp³-hybridized carbons (Fsp3) is 0.154. The second-order valence-corrected chi connectivity index (χ2v) is 4.71. The molecule has 0 aliphatic heterocycles. The van der Waals surface area contributed by atoms with Crippen molar-refractivity contribution in [3.63, 3.8) is 0 Å². The highest BCUT2D eigenvalue weighted by Gasteiger charge is 2.06. The number of nitrogens with zero attached hydrogens (tertiary/aromatic N) is 3. The van der Waals surface area contributed by atoms with Crippen molar-refractivity contribution in [2.45, 2.75) is 18.4 Å². The summed E-state index contributed by atoms with van der Waals surface area (Å²) < 4.78 is 0. The van der Waals surface area contributed by atoms with Crippen LogP contribution >= 0.6 is 12.6 Å². The molecule has 0 aliphatic carbocycles. The highest BCUT2D eigenvalue weighted by Crippen LogP contribution is 2.20. The molecule has 3 aromatic rings. The summed E-state index contributed by atoms with van der Waals surface area (Å²) in [6.45, 7) is 2.70. The van der Waals surface area contributed by atoms with E-state index in [1.807, 2.05) is 25.1 Å². The molecule has 2 heterocycles. The monoisotopic (exact) mass is 271 g/mol. The highest BCUT2D eigenvalue weighted by atomic mass is 32.1. The summed E-state index contributed by atoms with van der Waals surface area (Å²) >= 11 is 4.53. The number of fused-ring (bicyclic) bond motifs is 1. The molecular formula is C13H13N5S. The minimum Gasteiger partial charge on any atom is -0.364 e. The van der Waals surface area contributed by atoms with Crippen molar-refractivity contribution in [3.05, 3.63) is 42.0 Å². The summed E-state index contributed by atoms with van der Waals surface area (Å²) in [5.74, 6) is 0.747. The zero-order valence-corrected chi connectivity index (χ0v) is 11.3. The molecule has 0 aliphatic rings. The molecule has 0 spiro atoms. The van der Waals surface area contributed by atoms with Crippen LogP contribution in [0.25, 0.3) is 11.2 Å². The van der Waals surface area contributed by atoms with Crippen LogP contribution < -0.4 is 5.32 Å². The molecule has 0 saturated carbocycles. The lowest BCUT2D eigenvalue weighted by Crippen LogP contribution is -2.03. The quantitative estimate of drug-likeness (QED) is 0.640. The minimum absolute atomic E-state index is 0.658. The Morgan fingerprint density at radius 2 is 2.16 bits per heavy atom. The maximum atomic E-state index is 4.53. The van der Waals surface area contributed by atoms with E-state index in [2.05, 4.69) is 37.9 Å². The molecule has 0 atom stereocenters. The third kappa shape index (κ3) is 2.26. The highest BCUT2D eigenvalue weighted by molar-refractivity contribution is 7.80. The number of aromatic nitrogens is 4. The zero-order valence-electron chi connectivity index (χ0n) is 10.4. The summed E-state index contributed by atoms with van der Waals surface area (Å²) in [7, 11) is 0. The Morgan fingerprint density at radius 1 is 1.26 bits per heavy atom. The molecule has 19 heavy (non-hydrogen) atoms. The lowest BCUT2D eigenvalue weighted by molar-refractivity contribution is 1.05. The molecule has 5 nitrogen and oxygen atoms in total. The SMILES string of the molecule is Cc1cccc(CNc2ncnc3nc[nH]c23)c1S. The first-order valence-electron chi connectivity index (χ1n) is 5.91. The molecule has 6 heteroatoms. The van der Waals surface area contributed by atoms with Gasteiger partial charge in [0.1, 0.15) is 11.8 Å². The Hall–Kier alpha value is -2.08. The van der Waals surface area contributed by atoms with E-state index in [0.29, 0.717) is 12.2 Å². The van der Waals surface area contributed by atoms with E-state index in [1.54, 1.807) is 6.33 Å². The van der Waals surface area contributed by atoms with Crippen molar-refractivity contribution in [2.24, 2.45) is 0 Å². The van der Waals surface area contributed by atoms with Crippen LogP contribution in [0.2, 0.25) is 0 Å². The fourth-order valence-electron chi connectivity index (χ4n) is 1.94. The van der Waals surface area contributed by atoms with Crippen molar-refractivity contribution in [1.29, 1.82) is 0 Å². The summed E-state index contributed by atoms with van der Waals surface area (Å²) in [6, 6.07) is 6.12. The zero-order chi connectivity index (χ0) is 13.2. The van der Waals surface area contributed by atoms with Gasteiger partial charge in [-0.2, -0.15) is 0 Å². The van der Waals surface area contributed by atoms with Gasteiger partial charge in [-0.15, -0.1) is 12.6 Å². The minimum atomic E-state index is 0.658. The van der Waals surface area contributed by atoms with E-state index in [0.717, 1.165) is 27.4 Å². The molecule has 2 N–H and O–H groups in total. The predicted octanol–water partition coefficient (Wildman–Crippen LogP) is 2.56. The van der Waals surface area contributed by atoms with Crippen molar-refractivity contribution in [2.75, 3.05) is 5.32 Å². The number of hydrogen-bond acceptors (Lipinski definition) is 5. The number of benzene rings is 1. The average molecular weight is 271 g/mol. The van der Waals surface area contributed by atoms with Gasteiger partial charge in [0.05, 0.1) is 6.33 Å². The maximum absolute atomic E-state index is 4.53. The van der Waals surface area contributed by atoms with E-state index in [4.69, 9.17) is 0 Å². The average Bonchev–Trinajstić information content (AvgIpc) is 2.89. The van der Waals surface area contributed by atoms with Gasteiger partial charge < -0.3 is 10.3 Å². The van der Waals surface area contributed by atoms with Crippen LogP contribution in [0.1, 0.15) is 11.1 Å². The molecule has 0 fully saturated rings. The molecule has 3 rings (SSSR count). The first-order chi connectivity index (χ1) is 9.25. The molecule has 0 bridgehead atoms. The number of rotatable bonds is 3. The van der Waals surface area contributed by atoms with Gasteiger partial charge in [-0.3, -0.25) is 0 Å². The van der Waals surface area contributed by atoms with Gasteiger partial charge in [0, 0.05) is 11.4 Å². The van der Waals surface area contributed by atoms with Crippen molar-refractivity contribution in [3.8, 4) is 0 Å². The lowest BCUT2D eigenvalue weighted by Gasteiger charge is -2.09. The Kier molecular flexibility index (Phi) is 3.08. The number of nitrogens with one attached hydrogen (secondary N) is 2. The molecule has 96 valence electrons. The van der Waals surface area contributed by atoms with Crippen LogP contribution in [-0.2, 0) is 6.54 Å². The summed E-state index contributed by atoms with van der Waals surface area (Å²) in [4.78, 5) is 16.4. The lowest BCUT2D eigenvalue weighted by atomic mass is 10.1. The van der Waals surface area contributed by atoms with Crippen molar-refractivity contribution >= 4 is 29.6 Å². The Bertz CT molecular complexity index is 722. The molecule has 0 amide bonds. The number of imidazole rings is 1. The second kappa shape index (κ2) is 4.89. The number of aromatic amines is 1. The van der Waals surface area contributed by atoms with Gasteiger partial charge >= 0.3 is 0 Å². The molecule has 1 aromatic carbocycles. The number of aryl methyl sites for hydroxylation is 1. The Labute approximate surface area is 115 Å².